The van der Waals surface area contributed by atoms with E-state index in [9.17, 15) is 22.9 Å². The molecule has 25 heavy (non-hydrogen) atoms. The lowest BCUT2D eigenvalue weighted by atomic mass is 10.0. The van der Waals surface area contributed by atoms with Gasteiger partial charge < -0.3 is 10.4 Å². The summed E-state index contributed by atoms with van der Waals surface area (Å²) in [7, 11) is -4.35. The Kier molecular flexibility index (Phi) is 3.37. The zero-order valence-electron chi connectivity index (χ0n) is 13.3. The minimum Gasteiger partial charge on any atom is -0.384 e. The summed E-state index contributed by atoms with van der Waals surface area (Å²) in [5.74, 6) is -0.185. The second kappa shape index (κ2) is 5.26. The van der Waals surface area contributed by atoms with Gasteiger partial charge in [-0.1, -0.05) is 17.7 Å². The third-order valence-electron chi connectivity index (χ3n) is 4.65. The van der Waals surface area contributed by atoms with Gasteiger partial charge in [0.15, 0.2) is 0 Å². The number of rotatable bonds is 1. The number of carbonyl (C=O) groups excluding carboxylic acids is 1. The number of aliphatic hydroxyl groups is 1. The predicted octanol–water partition coefficient (Wildman–Crippen LogP) is 2.39. The minimum absolute atomic E-state index is 0.185. The van der Waals surface area contributed by atoms with Crippen LogP contribution in [-0.4, -0.2) is 23.9 Å². The first-order chi connectivity index (χ1) is 11.8. The van der Waals surface area contributed by atoms with Crippen molar-refractivity contribution in [1.29, 1.82) is 0 Å². The van der Waals surface area contributed by atoms with Crippen molar-refractivity contribution in [2.24, 2.45) is 0 Å². The van der Waals surface area contributed by atoms with Gasteiger partial charge in [0.2, 0.25) is 5.78 Å². The Morgan fingerprint density at radius 2 is 1.92 bits per heavy atom. The van der Waals surface area contributed by atoms with Crippen LogP contribution in [0.4, 0.5) is 5.69 Å². The van der Waals surface area contributed by atoms with E-state index in [4.69, 9.17) is 0 Å². The standard InChI is InChI=1S/C18H15NO5S/c1-9-2-5-15-13(6-9)18(21)16(19-15)14-7-10-3-4-11(25(22,23)24)8-12(10)17(14)20/h2-6,8,17,19-20H,7H2,1H3,(H,22,23,24)/b16-14-. The van der Waals surface area contributed by atoms with E-state index in [-0.39, 0.29) is 10.7 Å². The van der Waals surface area contributed by atoms with E-state index in [1.165, 1.54) is 12.1 Å². The van der Waals surface area contributed by atoms with Gasteiger partial charge in [-0.25, -0.2) is 0 Å². The largest absolute Gasteiger partial charge is 0.384 e. The number of nitrogens with one attached hydrogen (secondary N) is 1. The Labute approximate surface area is 144 Å². The van der Waals surface area contributed by atoms with Crippen molar-refractivity contribution in [3.63, 3.8) is 0 Å². The van der Waals surface area contributed by atoms with Gasteiger partial charge in [0.05, 0.1) is 10.6 Å². The molecular formula is C18H15NO5S. The van der Waals surface area contributed by atoms with Gasteiger partial charge in [-0.2, -0.15) is 8.42 Å². The van der Waals surface area contributed by atoms with E-state index in [0.717, 1.165) is 11.1 Å². The molecule has 1 atom stereocenters. The van der Waals surface area contributed by atoms with Crippen LogP contribution in [-0.2, 0) is 16.5 Å². The van der Waals surface area contributed by atoms with Gasteiger partial charge >= 0.3 is 0 Å². The lowest BCUT2D eigenvalue weighted by Crippen LogP contribution is -2.09. The van der Waals surface area contributed by atoms with Crippen LogP contribution in [0.3, 0.4) is 0 Å². The van der Waals surface area contributed by atoms with Crippen molar-refractivity contribution in [2.75, 3.05) is 5.32 Å². The highest BCUT2D eigenvalue weighted by Crippen LogP contribution is 2.41. The zero-order chi connectivity index (χ0) is 17.9. The Morgan fingerprint density at radius 1 is 1.16 bits per heavy atom. The Balaban J connectivity index is 1.79. The first-order valence-electron chi connectivity index (χ1n) is 7.69. The second-order valence-corrected chi connectivity index (χ2v) is 7.74. The van der Waals surface area contributed by atoms with Crippen LogP contribution in [0.2, 0.25) is 0 Å². The maximum absolute atomic E-state index is 12.7. The molecule has 0 saturated heterocycles. The average molecular weight is 357 g/mol. The third kappa shape index (κ3) is 2.48. The molecule has 2 aromatic carbocycles. The Morgan fingerprint density at radius 3 is 2.64 bits per heavy atom. The molecule has 1 aliphatic heterocycles. The maximum atomic E-state index is 12.7. The van der Waals surface area contributed by atoms with Crippen LogP contribution in [0, 0.1) is 6.92 Å². The summed E-state index contributed by atoms with van der Waals surface area (Å²) in [4.78, 5) is 12.4. The summed E-state index contributed by atoms with van der Waals surface area (Å²) < 4.78 is 31.8. The number of benzene rings is 2. The van der Waals surface area contributed by atoms with E-state index in [1.807, 2.05) is 19.1 Å². The molecule has 4 rings (SSSR count). The van der Waals surface area contributed by atoms with Gasteiger partial charge in [-0.3, -0.25) is 9.35 Å². The van der Waals surface area contributed by atoms with Gasteiger partial charge in [0.1, 0.15) is 6.10 Å². The van der Waals surface area contributed by atoms with Crippen molar-refractivity contribution in [2.45, 2.75) is 24.3 Å². The smallest absolute Gasteiger partial charge is 0.294 e. The van der Waals surface area contributed by atoms with Gasteiger partial charge in [0.25, 0.3) is 10.1 Å². The lowest BCUT2D eigenvalue weighted by molar-refractivity contribution is 0.103. The van der Waals surface area contributed by atoms with Crippen molar-refractivity contribution in [1.82, 2.24) is 0 Å². The predicted molar refractivity (Wildman–Crippen MR) is 91.1 cm³/mol. The van der Waals surface area contributed by atoms with E-state index in [1.54, 1.807) is 12.1 Å². The molecule has 0 radical (unpaired) electrons. The number of hydrogen-bond acceptors (Lipinski definition) is 5. The maximum Gasteiger partial charge on any atom is 0.294 e. The summed E-state index contributed by atoms with van der Waals surface area (Å²) in [6.07, 6.45) is -0.762. The van der Waals surface area contributed by atoms with E-state index in [2.05, 4.69) is 5.32 Å². The van der Waals surface area contributed by atoms with E-state index < -0.39 is 16.2 Å². The van der Waals surface area contributed by atoms with Crippen LogP contribution in [0.25, 0.3) is 0 Å². The van der Waals surface area contributed by atoms with E-state index in [0.29, 0.717) is 34.5 Å². The highest BCUT2D eigenvalue weighted by atomic mass is 32.2. The zero-order valence-corrected chi connectivity index (χ0v) is 14.1. The number of anilines is 1. The number of carbonyl (C=O) groups is 1. The molecule has 1 heterocycles. The average Bonchev–Trinajstić information content (AvgIpc) is 3.04. The molecule has 0 saturated carbocycles. The number of fused-ring (bicyclic) bond motifs is 2. The molecule has 1 aliphatic carbocycles. The summed E-state index contributed by atoms with van der Waals surface area (Å²) in [6, 6.07) is 9.59. The molecule has 2 aromatic rings. The van der Waals surface area contributed by atoms with Gasteiger partial charge in [-0.15, -0.1) is 0 Å². The van der Waals surface area contributed by atoms with Crippen molar-refractivity contribution < 1.29 is 22.9 Å². The van der Waals surface area contributed by atoms with Crippen LogP contribution in [0.1, 0.15) is 33.2 Å². The van der Waals surface area contributed by atoms with Gasteiger partial charge in [-0.05, 0) is 54.3 Å². The fraction of sp³-hybridized carbons (Fsp3) is 0.167. The Bertz CT molecular complexity index is 1070. The molecule has 6 nitrogen and oxygen atoms in total. The van der Waals surface area contributed by atoms with Crippen LogP contribution >= 0.6 is 0 Å². The minimum atomic E-state index is -4.35. The molecule has 0 fully saturated rings. The van der Waals surface area contributed by atoms with Crippen LogP contribution < -0.4 is 5.32 Å². The monoisotopic (exact) mass is 357 g/mol. The van der Waals surface area contributed by atoms with Gasteiger partial charge in [0, 0.05) is 11.3 Å². The fourth-order valence-electron chi connectivity index (χ4n) is 3.37. The number of aliphatic hydroxyl groups excluding tert-OH is 1. The summed E-state index contributed by atoms with van der Waals surface area (Å²) >= 11 is 0. The van der Waals surface area contributed by atoms with Crippen LogP contribution in [0.5, 0.6) is 0 Å². The molecule has 1 unspecified atom stereocenters. The number of Topliss-reactive ketones (excluding diaryl/α,β-unsaturated/α-hetero) is 1. The first kappa shape index (κ1) is 16.0. The number of ketones is 1. The molecule has 2 aliphatic rings. The highest BCUT2D eigenvalue weighted by Gasteiger charge is 2.35. The molecule has 0 aromatic heterocycles. The molecule has 0 spiro atoms. The molecule has 128 valence electrons. The topological polar surface area (TPSA) is 104 Å². The first-order valence-corrected chi connectivity index (χ1v) is 9.13. The number of hydrogen-bond donors (Lipinski definition) is 3. The number of allylic oxidation sites excluding steroid dienone is 1. The fourth-order valence-corrected chi connectivity index (χ4v) is 3.89. The van der Waals surface area contributed by atoms with Crippen molar-refractivity contribution in [3.8, 4) is 0 Å². The SMILES string of the molecule is Cc1ccc2c(c1)C(=O)/C(=C1\Cc3ccc(S(=O)(=O)O)cc3C1O)N2. The van der Waals surface area contributed by atoms with Crippen molar-refractivity contribution >= 4 is 21.6 Å². The quantitative estimate of drug-likeness (QED) is 0.535. The molecular weight excluding hydrogens is 342 g/mol. The molecule has 3 N–H and O–H groups in total. The summed E-state index contributed by atoms with van der Waals surface area (Å²) in [6.45, 7) is 1.90. The second-order valence-electron chi connectivity index (χ2n) is 6.32. The molecule has 0 amide bonds. The summed E-state index contributed by atoms with van der Waals surface area (Å²) in [5.41, 5.74) is 4.17. The van der Waals surface area contributed by atoms with Crippen molar-refractivity contribution in [3.05, 3.63) is 69.9 Å². The normalized spacial score (nSPS) is 21.9. The van der Waals surface area contributed by atoms with Crippen LogP contribution in [0.15, 0.2) is 52.6 Å². The molecule has 0 bridgehead atoms. The lowest BCUT2D eigenvalue weighted by Gasteiger charge is -2.10. The number of aryl methyl sites for hydroxylation is 1. The van der Waals surface area contributed by atoms with E-state index >= 15 is 0 Å². The summed E-state index contributed by atoms with van der Waals surface area (Å²) in [5, 5.41) is 13.7. The highest BCUT2D eigenvalue weighted by molar-refractivity contribution is 7.85. The molecule has 7 heteroatoms. The Hall–Kier alpha value is -2.48. The third-order valence-corrected chi connectivity index (χ3v) is 5.50.